The summed E-state index contributed by atoms with van der Waals surface area (Å²) in [5, 5.41) is 25.8. The lowest BCUT2D eigenvalue weighted by Gasteiger charge is -2.16. The van der Waals surface area contributed by atoms with E-state index in [1.165, 1.54) is 0 Å². The number of hydrogen-bond donors (Lipinski definition) is 2. The van der Waals surface area contributed by atoms with E-state index in [0.717, 1.165) is 66.3 Å². The zero-order valence-corrected chi connectivity index (χ0v) is 24.2. The predicted octanol–water partition coefficient (Wildman–Crippen LogP) is 9.81. The smallest absolute Gasteiger partial charge is 0.127 e. The first kappa shape index (κ1) is 27.0. The lowest BCUT2D eigenvalue weighted by molar-refractivity contribution is 0.469. The second-order valence-electron chi connectivity index (χ2n) is 10.9. The Morgan fingerprint density at radius 2 is 0.905 bits per heavy atom. The van der Waals surface area contributed by atoms with Crippen LogP contribution in [-0.4, -0.2) is 22.6 Å². The van der Waals surface area contributed by atoms with Crippen LogP contribution in [0.15, 0.2) is 107 Å². The second kappa shape index (κ2) is 11.0. The number of aromatic hydroxyl groups is 2. The zero-order valence-electron chi connectivity index (χ0n) is 24.2. The van der Waals surface area contributed by atoms with Crippen molar-refractivity contribution < 1.29 is 10.2 Å². The SMILES string of the molecule is Cc1cc(C)c(O)c(C=Nc2ccc3ccccc3c2-c2c(N=Cc3cc(C)cc(C)c3O)ccc3ccccc23)c1. The molecule has 0 bridgehead atoms. The molecule has 0 heterocycles. The third-order valence-electron chi connectivity index (χ3n) is 7.70. The maximum Gasteiger partial charge on any atom is 0.127 e. The molecular formula is C38H32N2O2. The van der Waals surface area contributed by atoms with Gasteiger partial charge in [-0.05, 0) is 95.8 Å². The third kappa shape index (κ3) is 5.04. The molecule has 0 aromatic heterocycles. The van der Waals surface area contributed by atoms with E-state index >= 15 is 0 Å². The molecule has 0 atom stereocenters. The van der Waals surface area contributed by atoms with Crippen molar-refractivity contribution in [1.82, 2.24) is 0 Å². The Morgan fingerprint density at radius 1 is 0.500 bits per heavy atom. The second-order valence-corrected chi connectivity index (χ2v) is 10.9. The van der Waals surface area contributed by atoms with Gasteiger partial charge in [-0.15, -0.1) is 0 Å². The Balaban J connectivity index is 1.63. The van der Waals surface area contributed by atoms with Gasteiger partial charge in [-0.2, -0.15) is 0 Å². The van der Waals surface area contributed by atoms with Crippen LogP contribution in [0.1, 0.15) is 33.4 Å². The van der Waals surface area contributed by atoms with Gasteiger partial charge in [0, 0.05) is 34.7 Å². The number of aliphatic imine (C=N–C) groups is 2. The van der Waals surface area contributed by atoms with Gasteiger partial charge in [-0.3, -0.25) is 9.98 Å². The fraction of sp³-hybridized carbons (Fsp3) is 0.105. The Kier molecular flexibility index (Phi) is 7.05. The molecule has 2 N–H and O–H groups in total. The topological polar surface area (TPSA) is 65.2 Å². The van der Waals surface area contributed by atoms with Crippen molar-refractivity contribution in [3.05, 3.63) is 130 Å². The van der Waals surface area contributed by atoms with Crippen molar-refractivity contribution in [2.75, 3.05) is 0 Å². The highest BCUT2D eigenvalue weighted by Gasteiger charge is 2.17. The van der Waals surface area contributed by atoms with Crippen molar-refractivity contribution in [3.63, 3.8) is 0 Å². The first-order chi connectivity index (χ1) is 20.3. The van der Waals surface area contributed by atoms with Crippen LogP contribution >= 0.6 is 0 Å². The molecule has 6 rings (SSSR count). The van der Waals surface area contributed by atoms with Crippen molar-refractivity contribution in [2.24, 2.45) is 9.98 Å². The van der Waals surface area contributed by atoms with Crippen molar-refractivity contribution in [1.29, 1.82) is 0 Å². The minimum Gasteiger partial charge on any atom is -0.507 e. The highest BCUT2D eigenvalue weighted by atomic mass is 16.3. The molecule has 4 heteroatoms. The fourth-order valence-electron chi connectivity index (χ4n) is 5.72. The van der Waals surface area contributed by atoms with Gasteiger partial charge in [0.2, 0.25) is 0 Å². The molecule has 0 aliphatic heterocycles. The van der Waals surface area contributed by atoms with E-state index in [1.807, 2.05) is 88.4 Å². The standard InChI is InChI=1S/C38H32N2O2/c1-23-17-25(3)37(41)29(19-23)21-39-33-15-13-27-9-5-7-11-31(27)35(33)36-32-12-8-6-10-28(32)14-16-34(36)40-22-30-20-24(2)18-26(4)38(30)42/h5-22,41-42H,1-4H3. The number of benzene rings is 6. The molecule has 0 unspecified atom stereocenters. The maximum absolute atomic E-state index is 10.8. The van der Waals surface area contributed by atoms with E-state index in [2.05, 4.69) is 36.4 Å². The molecule has 0 fully saturated rings. The van der Waals surface area contributed by atoms with Crippen LogP contribution < -0.4 is 0 Å². The highest BCUT2D eigenvalue weighted by molar-refractivity contribution is 6.13. The molecule has 0 saturated carbocycles. The summed E-state index contributed by atoms with van der Waals surface area (Å²) >= 11 is 0. The molecule has 0 aliphatic rings. The van der Waals surface area contributed by atoms with Crippen molar-refractivity contribution in [2.45, 2.75) is 27.7 Å². The number of fused-ring (bicyclic) bond motifs is 2. The predicted molar refractivity (Wildman–Crippen MR) is 177 cm³/mol. The fourth-order valence-corrected chi connectivity index (χ4v) is 5.72. The quantitative estimate of drug-likeness (QED) is 0.211. The summed E-state index contributed by atoms with van der Waals surface area (Å²) in [6.45, 7) is 7.82. The number of hydrogen-bond acceptors (Lipinski definition) is 4. The van der Waals surface area contributed by atoms with Gasteiger partial charge in [-0.25, -0.2) is 0 Å². The van der Waals surface area contributed by atoms with Crippen LogP contribution in [-0.2, 0) is 0 Å². The van der Waals surface area contributed by atoms with Crippen molar-refractivity contribution >= 4 is 45.3 Å². The number of phenolic OH excluding ortho intramolecular Hbond substituents is 2. The largest absolute Gasteiger partial charge is 0.507 e. The Labute approximate surface area is 246 Å². The summed E-state index contributed by atoms with van der Waals surface area (Å²) in [4.78, 5) is 9.95. The van der Waals surface area contributed by atoms with Crippen LogP contribution in [0, 0.1) is 27.7 Å². The van der Waals surface area contributed by atoms with Crippen LogP contribution in [0.4, 0.5) is 11.4 Å². The summed E-state index contributed by atoms with van der Waals surface area (Å²) in [6, 6.07) is 32.6. The first-order valence-corrected chi connectivity index (χ1v) is 14.0. The van der Waals surface area contributed by atoms with Crippen LogP contribution in [0.25, 0.3) is 32.7 Å². The van der Waals surface area contributed by atoms with E-state index in [0.29, 0.717) is 11.1 Å². The van der Waals surface area contributed by atoms with Gasteiger partial charge in [0.05, 0.1) is 11.4 Å². The first-order valence-electron chi connectivity index (χ1n) is 14.0. The minimum absolute atomic E-state index is 0.232. The normalized spacial score (nSPS) is 11.8. The third-order valence-corrected chi connectivity index (χ3v) is 7.70. The Bertz CT molecular complexity index is 1900. The number of aryl methyl sites for hydroxylation is 4. The monoisotopic (exact) mass is 548 g/mol. The van der Waals surface area contributed by atoms with Gasteiger partial charge >= 0.3 is 0 Å². The summed E-state index contributed by atoms with van der Waals surface area (Å²) < 4.78 is 0. The van der Waals surface area contributed by atoms with Crippen LogP contribution in [0.5, 0.6) is 11.5 Å². The zero-order chi connectivity index (χ0) is 29.4. The lowest BCUT2D eigenvalue weighted by atomic mass is 9.91. The minimum atomic E-state index is 0.232. The summed E-state index contributed by atoms with van der Waals surface area (Å²) in [7, 11) is 0. The molecule has 4 nitrogen and oxygen atoms in total. The molecule has 206 valence electrons. The molecule has 6 aromatic carbocycles. The lowest BCUT2D eigenvalue weighted by Crippen LogP contribution is -1.91. The van der Waals surface area contributed by atoms with E-state index in [1.54, 1.807) is 12.4 Å². The molecule has 0 spiro atoms. The average Bonchev–Trinajstić information content (AvgIpc) is 2.98. The van der Waals surface area contributed by atoms with Gasteiger partial charge in [0.25, 0.3) is 0 Å². The molecule has 0 saturated heterocycles. The van der Waals surface area contributed by atoms with Crippen LogP contribution in [0.3, 0.4) is 0 Å². The van der Waals surface area contributed by atoms with Gasteiger partial charge in [0.1, 0.15) is 11.5 Å². The molecule has 0 amide bonds. The van der Waals surface area contributed by atoms with Gasteiger partial charge < -0.3 is 10.2 Å². The summed E-state index contributed by atoms with van der Waals surface area (Å²) in [5.74, 6) is 0.464. The van der Waals surface area contributed by atoms with Crippen molar-refractivity contribution in [3.8, 4) is 22.6 Å². The van der Waals surface area contributed by atoms with Gasteiger partial charge in [0.15, 0.2) is 0 Å². The Morgan fingerprint density at radius 3 is 1.33 bits per heavy atom. The average molecular weight is 549 g/mol. The number of nitrogens with zero attached hydrogens (tertiary/aromatic N) is 2. The van der Waals surface area contributed by atoms with E-state index in [4.69, 9.17) is 9.98 Å². The molecule has 0 aliphatic carbocycles. The number of phenols is 2. The molecular weight excluding hydrogens is 516 g/mol. The molecule has 0 radical (unpaired) electrons. The molecule has 6 aromatic rings. The van der Waals surface area contributed by atoms with E-state index in [9.17, 15) is 10.2 Å². The summed E-state index contributed by atoms with van der Waals surface area (Å²) in [6.07, 6.45) is 3.48. The number of rotatable bonds is 5. The molecule has 42 heavy (non-hydrogen) atoms. The van der Waals surface area contributed by atoms with E-state index in [-0.39, 0.29) is 11.5 Å². The Hall–Kier alpha value is -5.22. The van der Waals surface area contributed by atoms with Gasteiger partial charge in [-0.1, -0.05) is 72.8 Å². The van der Waals surface area contributed by atoms with Crippen LogP contribution in [0.2, 0.25) is 0 Å². The maximum atomic E-state index is 10.8. The summed E-state index contributed by atoms with van der Waals surface area (Å²) in [5.41, 5.74) is 8.57. The highest BCUT2D eigenvalue weighted by Crippen LogP contribution is 2.45. The van der Waals surface area contributed by atoms with E-state index < -0.39 is 0 Å².